The lowest BCUT2D eigenvalue weighted by Crippen LogP contribution is -2.35. The minimum atomic E-state index is 0.308. The van der Waals surface area contributed by atoms with Gasteiger partial charge >= 0.3 is 0 Å². The van der Waals surface area contributed by atoms with Gasteiger partial charge < -0.3 is 10.2 Å². The Morgan fingerprint density at radius 2 is 2.21 bits per heavy atom. The molecule has 0 bridgehead atoms. The van der Waals surface area contributed by atoms with Crippen LogP contribution < -0.4 is 5.32 Å². The molecule has 1 aliphatic rings. The summed E-state index contributed by atoms with van der Waals surface area (Å²) in [6.45, 7) is 9.13. The van der Waals surface area contributed by atoms with Gasteiger partial charge in [0.05, 0.1) is 0 Å². The molecule has 2 atom stereocenters. The fraction of sp³-hybridized carbons (Fsp3) is 0.909. The number of nitrogens with zero attached hydrogens (tertiary/aromatic N) is 1. The predicted octanol–water partition coefficient (Wildman–Crippen LogP) is 1.24. The van der Waals surface area contributed by atoms with Crippen molar-refractivity contribution < 1.29 is 4.79 Å². The Hall–Kier alpha value is -0.570. The van der Waals surface area contributed by atoms with E-state index in [0.29, 0.717) is 24.3 Å². The van der Waals surface area contributed by atoms with Crippen molar-refractivity contribution in [2.75, 3.05) is 19.6 Å². The van der Waals surface area contributed by atoms with Crippen LogP contribution in [0.1, 0.15) is 33.6 Å². The van der Waals surface area contributed by atoms with Crippen molar-refractivity contribution in [2.24, 2.45) is 5.92 Å². The Kier molecular flexibility index (Phi) is 4.39. The maximum Gasteiger partial charge on any atom is 0.224 e. The van der Waals surface area contributed by atoms with Gasteiger partial charge in [-0.15, -0.1) is 0 Å². The highest BCUT2D eigenvalue weighted by atomic mass is 16.2. The molecule has 1 saturated heterocycles. The zero-order chi connectivity index (χ0) is 10.6. The van der Waals surface area contributed by atoms with Crippen molar-refractivity contribution in [1.29, 1.82) is 0 Å². The molecule has 3 heteroatoms. The third kappa shape index (κ3) is 2.98. The fourth-order valence-corrected chi connectivity index (χ4v) is 2.16. The number of carbonyl (C=O) groups is 1. The molecule has 0 saturated carbocycles. The molecule has 82 valence electrons. The van der Waals surface area contributed by atoms with Gasteiger partial charge in [-0.1, -0.05) is 13.8 Å². The summed E-state index contributed by atoms with van der Waals surface area (Å²) < 4.78 is 0. The van der Waals surface area contributed by atoms with Crippen LogP contribution in [-0.2, 0) is 4.79 Å². The molecule has 1 fully saturated rings. The first kappa shape index (κ1) is 11.5. The van der Waals surface area contributed by atoms with Gasteiger partial charge in [-0.3, -0.25) is 4.79 Å². The Balaban J connectivity index is 2.30. The van der Waals surface area contributed by atoms with Crippen molar-refractivity contribution in [1.82, 2.24) is 10.2 Å². The Morgan fingerprint density at radius 1 is 1.50 bits per heavy atom. The first-order valence-corrected chi connectivity index (χ1v) is 5.65. The molecule has 14 heavy (non-hydrogen) atoms. The largest absolute Gasteiger partial charge is 0.340 e. The normalized spacial score (nSPS) is 26.9. The second-order valence-electron chi connectivity index (χ2n) is 4.34. The zero-order valence-corrected chi connectivity index (χ0v) is 9.55. The zero-order valence-electron chi connectivity index (χ0n) is 9.55. The molecule has 0 spiro atoms. The maximum atomic E-state index is 11.8. The summed E-state index contributed by atoms with van der Waals surface area (Å²) in [7, 11) is 0. The number of likely N-dealkylation sites (tertiary alicyclic amines) is 1. The van der Waals surface area contributed by atoms with E-state index in [1.165, 1.54) is 0 Å². The van der Waals surface area contributed by atoms with E-state index in [-0.39, 0.29) is 0 Å². The number of hydrogen-bond donors (Lipinski definition) is 1. The first-order chi connectivity index (χ1) is 6.65. The van der Waals surface area contributed by atoms with E-state index >= 15 is 0 Å². The molecule has 1 N–H and O–H groups in total. The average molecular weight is 198 g/mol. The van der Waals surface area contributed by atoms with Crippen LogP contribution in [0.3, 0.4) is 0 Å². The number of rotatable bonds is 4. The summed E-state index contributed by atoms with van der Waals surface area (Å²) in [5, 5.41) is 3.18. The van der Waals surface area contributed by atoms with Gasteiger partial charge in [0, 0.05) is 25.6 Å². The fourth-order valence-electron chi connectivity index (χ4n) is 2.16. The quantitative estimate of drug-likeness (QED) is 0.689. The maximum absolute atomic E-state index is 11.8. The third-order valence-corrected chi connectivity index (χ3v) is 2.87. The van der Waals surface area contributed by atoms with E-state index in [2.05, 4.69) is 26.1 Å². The summed E-state index contributed by atoms with van der Waals surface area (Å²) in [6.07, 6.45) is 1.80. The van der Waals surface area contributed by atoms with Crippen LogP contribution in [0.2, 0.25) is 0 Å². The van der Waals surface area contributed by atoms with Crippen LogP contribution in [0.4, 0.5) is 0 Å². The van der Waals surface area contributed by atoms with E-state index in [0.717, 1.165) is 26.1 Å². The van der Waals surface area contributed by atoms with Gasteiger partial charge in [0.1, 0.15) is 0 Å². The summed E-state index contributed by atoms with van der Waals surface area (Å²) >= 11 is 0. The smallest absolute Gasteiger partial charge is 0.224 e. The van der Waals surface area contributed by atoms with Gasteiger partial charge in [0.15, 0.2) is 0 Å². The predicted molar refractivity (Wildman–Crippen MR) is 58.1 cm³/mol. The average Bonchev–Trinajstić information content (AvgIpc) is 2.45. The minimum Gasteiger partial charge on any atom is -0.340 e. The lowest BCUT2D eigenvalue weighted by atomic mass is 10.1. The molecular weight excluding hydrogens is 176 g/mol. The Labute approximate surface area is 86.9 Å². The van der Waals surface area contributed by atoms with E-state index in [9.17, 15) is 4.79 Å². The van der Waals surface area contributed by atoms with E-state index < -0.39 is 0 Å². The first-order valence-electron chi connectivity index (χ1n) is 5.65. The van der Waals surface area contributed by atoms with Crippen LogP contribution in [0.5, 0.6) is 0 Å². The molecule has 0 aromatic carbocycles. The number of hydrogen-bond acceptors (Lipinski definition) is 2. The second kappa shape index (κ2) is 5.35. The molecular formula is C11H22N2O. The lowest BCUT2D eigenvalue weighted by molar-refractivity contribution is -0.131. The number of amides is 1. The lowest BCUT2D eigenvalue weighted by Gasteiger charge is -2.21. The van der Waals surface area contributed by atoms with Crippen molar-refractivity contribution in [3.8, 4) is 0 Å². The molecule has 1 aliphatic heterocycles. The standard InChI is InChI=1S/C11H22N2O/c1-4-12-6-5-11(14)13-8-9(2)7-10(13)3/h9-10,12H,4-8H2,1-3H3. The summed E-state index contributed by atoms with van der Waals surface area (Å²) in [4.78, 5) is 13.8. The molecule has 3 nitrogen and oxygen atoms in total. The molecule has 2 unspecified atom stereocenters. The highest BCUT2D eigenvalue weighted by molar-refractivity contribution is 5.77. The highest BCUT2D eigenvalue weighted by Crippen LogP contribution is 2.22. The van der Waals surface area contributed by atoms with E-state index in [4.69, 9.17) is 0 Å². The molecule has 0 aliphatic carbocycles. The van der Waals surface area contributed by atoms with Gasteiger partial charge in [0.25, 0.3) is 0 Å². The topological polar surface area (TPSA) is 32.3 Å². The number of carbonyl (C=O) groups excluding carboxylic acids is 1. The van der Waals surface area contributed by atoms with E-state index in [1.807, 2.05) is 4.90 Å². The van der Waals surface area contributed by atoms with Crippen molar-refractivity contribution in [3.63, 3.8) is 0 Å². The second-order valence-corrected chi connectivity index (χ2v) is 4.34. The van der Waals surface area contributed by atoms with Crippen LogP contribution in [0, 0.1) is 5.92 Å². The third-order valence-electron chi connectivity index (χ3n) is 2.87. The van der Waals surface area contributed by atoms with Crippen molar-refractivity contribution in [3.05, 3.63) is 0 Å². The molecule has 0 aromatic rings. The number of nitrogens with one attached hydrogen (secondary N) is 1. The Bertz CT molecular complexity index is 194. The van der Waals surface area contributed by atoms with Crippen molar-refractivity contribution >= 4 is 5.91 Å². The summed E-state index contributed by atoms with van der Waals surface area (Å²) in [6, 6.07) is 0.444. The summed E-state index contributed by atoms with van der Waals surface area (Å²) in [5.74, 6) is 0.982. The van der Waals surface area contributed by atoms with Crippen LogP contribution in [0.15, 0.2) is 0 Å². The van der Waals surface area contributed by atoms with E-state index in [1.54, 1.807) is 0 Å². The molecule has 1 rings (SSSR count). The van der Waals surface area contributed by atoms with Crippen LogP contribution in [0.25, 0.3) is 0 Å². The monoisotopic (exact) mass is 198 g/mol. The van der Waals surface area contributed by atoms with Crippen molar-refractivity contribution in [2.45, 2.75) is 39.7 Å². The molecule has 0 aromatic heterocycles. The van der Waals surface area contributed by atoms with Gasteiger partial charge in [-0.25, -0.2) is 0 Å². The van der Waals surface area contributed by atoms with Crippen LogP contribution in [-0.4, -0.2) is 36.5 Å². The van der Waals surface area contributed by atoms with Gasteiger partial charge in [-0.2, -0.15) is 0 Å². The van der Waals surface area contributed by atoms with Gasteiger partial charge in [-0.05, 0) is 25.8 Å². The molecule has 1 amide bonds. The SMILES string of the molecule is CCNCCC(=O)N1CC(C)CC1C. The highest BCUT2D eigenvalue weighted by Gasteiger charge is 2.29. The van der Waals surface area contributed by atoms with Gasteiger partial charge in [0.2, 0.25) is 5.91 Å². The minimum absolute atomic E-state index is 0.308. The molecule has 0 radical (unpaired) electrons. The van der Waals surface area contributed by atoms with Crippen LogP contribution >= 0.6 is 0 Å². The Morgan fingerprint density at radius 3 is 2.71 bits per heavy atom. The summed E-state index contributed by atoms with van der Waals surface area (Å²) in [5.41, 5.74) is 0. The molecule has 1 heterocycles.